The van der Waals surface area contributed by atoms with Crippen molar-refractivity contribution in [1.82, 2.24) is 20.4 Å². The summed E-state index contributed by atoms with van der Waals surface area (Å²) in [6.45, 7) is 9.30. The zero-order valence-electron chi connectivity index (χ0n) is 14.5. The molecular formula is C19H30N4O. The Morgan fingerprint density at radius 1 is 1.12 bits per heavy atom. The minimum absolute atomic E-state index is 0.187. The SMILES string of the molecule is O=C(NCCCN1CCN(Cc2ccccc2)CC1)C1CCNC1. The molecule has 2 heterocycles. The van der Waals surface area contributed by atoms with Crippen molar-refractivity contribution in [3.8, 4) is 0 Å². The number of hydrogen-bond donors (Lipinski definition) is 2. The summed E-state index contributed by atoms with van der Waals surface area (Å²) in [7, 11) is 0. The van der Waals surface area contributed by atoms with Crippen molar-refractivity contribution < 1.29 is 4.79 Å². The molecule has 0 saturated carbocycles. The molecule has 132 valence electrons. The van der Waals surface area contributed by atoms with Crippen LogP contribution in [-0.2, 0) is 11.3 Å². The fourth-order valence-electron chi connectivity index (χ4n) is 3.55. The molecule has 0 bridgehead atoms. The van der Waals surface area contributed by atoms with Crippen molar-refractivity contribution in [2.45, 2.75) is 19.4 Å². The molecule has 1 aromatic carbocycles. The highest BCUT2D eigenvalue weighted by atomic mass is 16.1. The molecule has 2 aliphatic rings. The third-order valence-electron chi connectivity index (χ3n) is 5.10. The Morgan fingerprint density at radius 3 is 2.58 bits per heavy atom. The molecule has 3 rings (SSSR count). The molecule has 1 unspecified atom stereocenters. The normalized spacial score (nSPS) is 22.6. The number of carbonyl (C=O) groups is 1. The number of benzene rings is 1. The van der Waals surface area contributed by atoms with Crippen LogP contribution in [0.4, 0.5) is 0 Å². The van der Waals surface area contributed by atoms with E-state index in [9.17, 15) is 4.79 Å². The Hall–Kier alpha value is -1.43. The maximum atomic E-state index is 11.9. The van der Waals surface area contributed by atoms with Gasteiger partial charge in [-0.3, -0.25) is 9.69 Å². The third kappa shape index (κ3) is 5.30. The highest BCUT2D eigenvalue weighted by molar-refractivity contribution is 5.79. The molecule has 0 aliphatic carbocycles. The van der Waals surface area contributed by atoms with Crippen LogP contribution in [0.2, 0.25) is 0 Å². The molecule has 2 aliphatic heterocycles. The van der Waals surface area contributed by atoms with Gasteiger partial charge in [0.1, 0.15) is 0 Å². The van der Waals surface area contributed by atoms with Crippen molar-refractivity contribution in [1.29, 1.82) is 0 Å². The number of nitrogens with one attached hydrogen (secondary N) is 2. The van der Waals surface area contributed by atoms with Gasteiger partial charge in [-0.15, -0.1) is 0 Å². The first-order chi connectivity index (χ1) is 11.8. The van der Waals surface area contributed by atoms with Crippen LogP contribution in [0, 0.1) is 5.92 Å². The summed E-state index contributed by atoms with van der Waals surface area (Å²) in [5.41, 5.74) is 1.40. The second kappa shape index (κ2) is 9.16. The molecule has 5 heteroatoms. The predicted octanol–water partition coefficient (Wildman–Crippen LogP) is 0.920. The largest absolute Gasteiger partial charge is 0.356 e. The first-order valence-corrected chi connectivity index (χ1v) is 9.28. The molecule has 1 aromatic rings. The summed E-state index contributed by atoms with van der Waals surface area (Å²) < 4.78 is 0. The second-order valence-electron chi connectivity index (χ2n) is 6.94. The maximum Gasteiger partial charge on any atom is 0.224 e. The van der Waals surface area contributed by atoms with Crippen LogP contribution in [0.25, 0.3) is 0 Å². The summed E-state index contributed by atoms with van der Waals surface area (Å²) in [5.74, 6) is 0.416. The van der Waals surface area contributed by atoms with Crippen molar-refractivity contribution >= 4 is 5.91 Å². The van der Waals surface area contributed by atoms with E-state index < -0.39 is 0 Å². The van der Waals surface area contributed by atoms with Crippen LogP contribution < -0.4 is 10.6 Å². The molecule has 0 aromatic heterocycles. The molecule has 2 saturated heterocycles. The van der Waals surface area contributed by atoms with Crippen LogP contribution in [0.5, 0.6) is 0 Å². The van der Waals surface area contributed by atoms with Gasteiger partial charge < -0.3 is 15.5 Å². The van der Waals surface area contributed by atoms with Gasteiger partial charge in [-0.05, 0) is 31.5 Å². The predicted molar refractivity (Wildman–Crippen MR) is 96.8 cm³/mol. The van der Waals surface area contributed by atoms with Crippen LogP contribution >= 0.6 is 0 Å². The fraction of sp³-hybridized carbons (Fsp3) is 0.632. The minimum atomic E-state index is 0.187. The molecule has 5 nitrogen and oxygen atoms in total. The van der Waals surface area contributed by atoms with Gasteiger partial charge >= 0.3 is 0 Å². The molecule has 1 atom stereocenters. The number of rotatable bonds is 7. The van der Waals surface area contributed by atoms with Gasteiger partial charge in [0.15, 0.2) is 0 Å². The summed E-state index contributed by atoms with van der Waals surface area (Å²) in [6.07, 6.45) is 2.03. The lowest BCUT2D eigenvalue weighted by Crippen LogP contribution is -2.46. The van der Waals surface area contributed by atoms with E-state index in [4.69, 9.17) is 0 Å². The average Bonchev–Trinajstić information content (AvgIpc) is 3.16. The standard InChI is InChI=1S/C19H30N4O/c24-19(18-7-9-20-15-18)21-8-4-10-22-11-13-23(14-12-22)16-17-5-2-1-3-6-17/h1-3,5-6,18,20H,4,7-16H2,(H,21,24). The quantitative estimate of drug-likeness (QED) is 0.730. The van der Waals surface area contributed by atoms with Crippen LogP contribution in [0.3, 0.4) is 0 Å². The van der Waals surface area contributed by atoms with E-state index in [0.29, 0.717) is 0 Å². The molecular weight excluding hydrogens is 300 g/mol. The van der Waals surface area contributed by atoms with Gasteiger partial charge in [0.2, 0.25) is 5.91 Å². The smallest absolute Gasteiger partial charge is 0.224 e. The Bertz CT molecular complexity index is 493. The van der Waals surface area contributed by atoms with Crippen molar-refractivity contribution in [2.75, 3.05) is 52.4 Å². The van der Waals surface area contributed by atoms with E-state index in [2.05, 4.69) is 50.8 Å². The Morgan fingerprint density at radius 2 is 1.88 bits per heavy atom. The first kappa shape index (κ1) is 17.4. The van der Waals surface area contributed by atoms with Gasteiger partial charge in [0.25, 0.3) is 0 Å². The lowest BCUT2D eigenvalue weighted by Gasteiger charge is -2.34. The topological polar surface area (TPSA) is 47.6 Å². The Balaban J connectivity index is 1.26. The number of hydrogen-bond acceptors (Lipinski definition) is 4. The molecule has 2 N–H and O–H groups in total. The van der Waals surface area contributed by atoms with Gasteiger partial charge in [-0.2, -0.15) is 0 Å². The molecule has 1 amide bonds. The monoisotopic (exact) mass is 330 g/mol. The maximum absolute atomic E-state index is 11.9. The van der Waals surface area contributed by atoms with Crippen LogP contribution in [0.1, 0.15) is 18.4 Å². The Kier molecular flexibility index (Phi) is 6.64. The van der Waals surface area contributed by atoms with E-state index in [0.717, 1.165) is 71.7 Å². The number of amides is 1. The van der Waals surface area contributed by atoms with Crippen molar-refractivity contribution in [3.63, 3.8) is 0 Å². The molecule has 0 spiro atoms. The average molecular weight is 330 g/mol. The fourth-order valence-corrected chi connectivity index (χ4v) is 3.55. The lowest BCUT2D eigenvalue weighted by molar-refractivity contribution is -0.124. The van der Waals surface area contributed by atoms with Crippen molar-refractivity contribution in [3.05, 3.63) is 35.9 Å². The van der Waals surface area contributed by atoms with E-state index in [1.165, 1.54) is 5.56 Å². The zero-order valence-corrected chi connectivity index (χ0v) is 14.5. The molecule has 24 heavy (non-hydrogen) atoms. The van der Waals surface area contributed by atoms with Gasteiger partial charge in [-0.1, -0.05) is 30.3 Å². The highest BCUT2D eigenvalue weighted by Gasteiger charge is 2.22. The molecule has 0 radical (unpaired) electrons. The summed E-state index contributed by atoms with van der Waals surface area (Å²) >= 11 is 0. The summed E-state index contributed by atoms with van der Waals surface area (Å²) in [4.78, 5) is 17.0. The van der Waals surface area contributed by atoms with E-state index >= 15 is 0 Å². The second-order valence-corrected chi connectivity index (χ2v) is 6.94. The highest BCUT2D eigenvalue weighted by Crippen LogP contribution is 2.09. The summed E-state index contributed by atoms with van der Waals surface area (Å²) in [6, 6.07) is 10.7. The summed E-state index contributed by atoms with van der Waals surface area (Å²) in [5, 5.41) is 6.33. The van der Waals surface area contributed by atoms with Crippen molar-refractivity contribution in [2.24, 2.45) is 5.92 Å². The number of carbonyl (C=O) groups excluding carboxylic acids is 1. The van der Waals surface area contributed by atoms with E-state index in [1.54, 1.807) is 0 Å². The van der Waals surface area contributed by atoms with E-state index in [1.807, 2.05) is 0 Å². The number of piperazine rings is 1. The van der Waals surface area contributed by atoms with Gasteiger partial charge in [0, 0.05) is 45.8 Å². The van der Waals surface area contributed by atoms with Crippen LogP contribution in [0.15, 0.2) is 30.3 Å². The lowest BCUT2D eigenvalue weighted by atomic mass is 10.1. The first-order valence-electron chi connectivity index (χ1n) is 9.28. The minimum Gasteiger partial charge on any atom is -0.356 e. The van der Waals surface area contributed by atoms with Crippen LogP contribution in [-0.4, -0.2) is 68.1 Å². The van der Waals surface area contributed by atoms with Gasteiger partial charge in [-0.25, -0.2) is 0 Å². The molecule has 2 fully saturated rings. The third-order valence-corrected chi connectivity index (χ3v) is 5.10. The Labute approximate surface area is 145 Å². The van der Waals surface area contributed by atoms with Gasteiger partial charge in [0.05, 0.1) is 5.92 Å². The number of nitrogens with zero attached hydrogens (tertiary/aromatic N) is 2. The zero-order chi connectivity index (χ0) is 16.6. The van der Waals surface area contributed by atoms with E-state index in [-0.39, 0.29) is 11.8 Å².